The minimum Gasteiger partial charge on any atom is -0.350 e. The second kappa shape index (κ2) is 8.20. The summed E-state index contributed by atoms with van der Waals surface area (Å²) in [5.74, 6) is -0.971. The molecule has 3 aromatic carbocycles. The van der Waals surface area contributed by atoms with Crippen molar-refractivity contribution >= 4 is 22.7 Å². The van der Waals surface area contributed by atoms with Gasteiger partial charge in [0.1, 0.15) is 17.1 Å². The smallest absolute Gasteiger partial charge is 0.271 e. The first-order valence-corrected chi connectivity index (χ1v) is 10.9. The Morgan fingerprint density at radius 3 is 2.48 bits per heavy atom. The number of rotatable bonds is 5. The summed E-state index contributed by atoms with van der Waals surface area (Å²) in [5.41, 5.74) is 1.53. The molecule has 5 nitrogen and oxygen atoms in total. The Morgan fingerprint density at radius 2 is 1.70 bits per heavy atom. The third kappa shape index (κ3) is 3.67. The topological polar surface area (TPSA) is 54.3 Å². The molecule has 1 aliphatic rings. The Morgan fingerprint density at radius 1 is 1.00 bits per heavy atom. The summed E-state index contributed by atoms with van der Waals surface area (Å²) in [7, 11) is 0. The van der Waals surface area contributed by atoms with Crippen LogP contribution in [0.15, 0.2) is 84.9 Å². The van der Waals surface area contributed by atoms with E-state index in [9.17, 15) is 14.0 Å². The van der Waals surface area contributed by atoms with Gasteiger partial charge in [0, 0.05) is 23.0 Å². The summed E-state index contributed by atoms with van der Waals surface area (Å²) in [6, 6.07) is 25.5. The van der Waals surface area contributed by atoms with Gasteiger partial charge in [0.05, 0.1) is 13.1 Å². The molecule has 0 aliphatic carbocycles. The van der Waals surface area contributed by atoms with E-state index in [1.807, 2.05) is 65.2 Å². The Labute approximate surface area is 191 Å². The number of nitrogens with zero attached hydrogens (tertiary/aromatic N) is 2. The molecule has 1 aliphatic heterocycles. The number of hydrogen-bond donors (Lipinski definition) is 1. The molecule has 1 aromatic heterocycles. The fourth-order valence-electron chi connectivity index (χ4n) is 4.52. The molecule has 0 fully saturated rings. The number of benzene rings is 3. The molecular formula is C27H24FN3O2. The van der Waals surface area contributed by atoms with Crippen LogP contribution in [-0.2, 0) is 24.4 Å². The zero-order valence-corrected chi connectivity index (χ0v) is 18.3. The van der Waals surface area contributed by atoms with Gasteiger partial charge in [-0.05, 0) is 30.7 Å². The maximum Gasteiger partial charge on any atom is 0.271 e. The second-order valence-electron chi connectivity index (χ2n) is 8.60. The van der Waals surface area contributed by atoms with Crippen LogP contribution in [0.1, 0.15) is 28.5 Å². The van der Waals surface area contributed by atoms with Gasteiger partial charge in [-0.15, -0.1) is 0 Å². The average Bonchev–Trinajstić information content (AvgIpc) is 3.20. The number of carbonyl (C=O) groups is 2. The zero-order valence-electron chi connectivity index (χ0n) is 18.3. The van der Waals surface area contributed by atoms with Crippen LogP contribution in [0, 0.1) is 5.82 Å². The van der Waals surface area contributed by atoms with Crippen molar-refractivity contribution in [2.45, 2.75) is 32.1 Å². The highest BCUT2D eigenvalue weighted by molar-refractivity contribution is 6.03. The molecule has 0 spiro atoms. The Hall–Kier alpha value is -3.93. The van der Waals surface area contributed by atoms with Crippen LogP contribution in [0.5, 0.6) is 0 Å². The van der Waals surface area contributed by atoms with Crippen LogP contribution in [0.2, 0.25) is 0 Å². The molecule has 33 heavy (non-hydrogen) atoms. The van der Waals surface area contributed by atoms with E-state index in [0.29, 0.717) is 17.8 Å². The molecule has 1 N–H and O–H groups in total. The highest BCUT2D eigenvalue weighted by atomic mass is 19.1. The Bertz CT molecular complexity index is 1350. The summed E-state index contributed by atoms with van der Waals surface area (Å²) >= 11 is 0. The summed E-state index contributed by atoms with van der Waals surface area (Å²) in [5, 5.41) is 3.92. The van der Waals surface area contributed by atoms with E-state index in [-0.39, 0.29) is 24.9 Å². The van der Waals surface area contributed by atoms with E-state index in [1.54, 1.807) is 25.1 Å². The first-order valence-electron chi connectivity index (χ1n) is 10.9. The lowest BCUT2D eigenvalue weighted by Crippen LogP contribution is -2.63. The van der Waals surface area contributed by atoms with Gasteiger partial charge in [-0.3, -0.25) is 9.59 Å². The maximum absolute atomic E-state index is 14.5. The van der Waals surface area contributed by atoms with Gasteiger partial charge < -0.3 is 14.8 Å². The van der Waals surface area contributed by atoms with Crippen molar-refractivity contribution in [2.24, 2.45) is 0 Å². The minimum atomic E-state index is -1.21. The molecular weight excluding hydrogens is 417 g/mol. The van der Waals surface area contributed by atoms with E-state index >= 15 is 0 Å². The van der Waals surface area contributed by atoms with Crippen molar-refractivity contribution in [3.05, 3.63) is 108 Å². The number of fused-ring (bicyclic) bond motifs is 3. The number of nitrogens with one attached hydrogen (secondary N) is 1. The van der Waals surface area contributed by atoms with E-state index in [0.717, 1.165) is 16.5 Å². The van der Waals surface area contributed by atoms with Gasteiger partial charge in [0.25, 0.3) is 5.91 Å². The lowest BCUT2D eigenvalue weighted by atomic mass is 9.93. The highest BCUT2D eigenvalue weighted by Crippen LogP contribution is 2.33. The van der Waals surface area contributed by atoms with Crippen LogP contribution in [-0.4, -0.2) is 26.8 Å². The Kier molecular flexibility index (Phi) is 5.21. The third-order valence-electron chi connectivity index (χ3n) is 6.41. The summed E-state index contributed by atoms with van der Waals surface area (Å²) in [4.78, 5) is 28.8. The first-order chi connectivity index (χ1) is 16.0. The monoisotopic (exact) mass is 441 g/mol. The van der Waals surface area contributed by atoms with Gasteiger partial charge in [-0.1, -0.05) is 66.7 Å². The summed E-state index contributed by atoms with van der Waals surface area (Å²) in [6.07, 6.45) is 0. The minimum absolute atomic E-state index is 0.00227. The fraction of sp³-hybridized carbons (Fsp3) is 0.185. The first kappa shape index (κ1) is 20.9. The molecule has 0 unspecified atom stereocenters. The molecule has 2 amide bonds. The third-order valence-corrected chi connectivity index (χ3v) is 6.41. The summed E-state index contributed by atoms with van der Waals surface area (Å²) < 4.78 is 16.4. The van der Waals surface area contributed by atoms with Gasteiger partial charge in [-0.25, -0.2) is 4.39 Å². The predicted molar refractivity (Wildman–Crippen MR) is 125 cm³/mol. The molecule has 0 saturated carbocycles. The lowest BCUT2D eigenvalue weighted by molar-refractivity contribution is -0.133. The van der Waals surface area contributed by atoms with E-state index in [2.05, 4.69) is 5.32 Å². The average molecular weight is 442 g/mol. The van der Waals surface area contributed by atoms with Crippen molar-refractivity contribution in [3.8, 4) is 0 Å². The quantitative estimate of drug-likeness (QED) is 0.495. The van der Waals surface area contributed by atoms with Crippen molar-refractivity contribution in [2.75, 3.05) is 0 Å². The van der Waals surface area contributed by atoms with Crippen LogP contribution >= 0.6 is 0 Å². The summed E-state index contributed by atoms with van der Waals surface area (Å²) in [6.45, 7) is 2.37. The molecule has 5 rings (SSSR count). The standard InChI is InChI=1S/C27H24FN3O2/c1-27(26(33)29-16-19-9-3-2-4-10-19)18-30-23-14-8-6-11-20(23)15-24(30)25(32)31(27)17-21-12-5-7-13-22(21)28/h2-15H,16-18H2,1H3,(H,29,33)/t27-/m1/s1. The van der Waals surface area contributed by atoms with Crippen molar-refractivity contribution in [1.29, 1.82) is 0 Å². The molecule has 0 saturated heterocycles. The van der Waals surface area contributed by atoms with Crippen LogP contribution in [0.3, 0.4) is 0 Å². The number of halogens is 1. The molecule has 166 valence electrons. The SMILES string of the molecule is C[C@]1(C(=O)NCc2ccccc2)Cn2c(cc3ccccc32)C(=O)N1Cc1ccccc1F. The van der Waals surface area contributed by atoms with Crippen molar-refractivity contribution in [1.82, 2.24) is 14.8 Å². The van der Waals surface area contributed by atoms with Crippen molar-refractivity contribution in [3.63, 3.8) is 0 Å². The van der Waals surface area contributed by atoms with E-state index < -0.39 is 11.4 Å². The van der Waals surface area contributed by atoms with Crippen LogP contribution < -0.4 is 5.32 Å². The van der Waals surface area contributed by atoms with Gasteiger partial charge in [0.15, 0.2) is 0 Å². The molecule has 2 heterocycles. The molecule has 4 aromatic rings. The second-order valence-corrected chi connectivity index (χ2v) is 8.60. The van der Waals surface area contributed by atoms with Crippen LogP contribution in [0.4, 0.5) is 4.39 Å². The number of carbonyl (C=O) groups excluding carboxylic acids is 2. The predicted octanol–water partition coefficient (Wildman–Crippen LogP) is 4.51. The number of hydrogen-bond acceptors (Lipinski definition) is 2. The number of para-hydroxylation sites is 1. The van der Waals surface area contributed by atoms with E-state index in [4.69, 9.17) is 0 Å². The van der Waals surface area contributed by atoms with Gasteiger partial charge in [0.2, 0.25) is 5.91 Å². The molecule has 1 atom stereocenters. The van der Waals surface area contributed by atoms with Gasteiger partial charge in [-0.2, -0.15) is 0 Å². The fourth-order valence-corrected chi connectivity index (χ4v) is 4.52. The number of aromatic nitrogens is 1. The van der Waals surface area contributed by atoms with Gasteiger partial charge >= 0.3 is 0 Å². The zero-order chi connectivity index (χ0) is 23.0. The molecule has 0 radical (unpaired) electrons. The number of amides is 2. The molecule has 6 heteroatoms. The lowest BCUT2D eigenvalue weighted by Gasteiger charge is -2.44. The highest BCUT2D eigenvalue weighted by Gasteiger charge is 2.47. The van der Waals surface area contributed by atoms with Crippen LogP contribution in [0.25, 0.3) is 10.9 Å². The Balaban J connectivity index is 1.55. The molecule has 0 bridgehead atoms. The largest absolute Gasteiger partial charge is 0.350 e. The van der Waals surface area contributed by atoms with E-state index in [1.165, 1.54) is 11.0 Å². The van der Waals surface area contributed by atoms with Crippen molar-refractivity contribution < 1.29 is 14.0 Å². The normalized spacial score (nSPS) is 17.8. The maximum atomic E-state index is 14.5.